The van der Waals surface area contributed by atoms with Gasteiger partial charge in [-0.1, -0.05) is 11.6 Å². The standard InChI is InChI=1S/C14H8ClF6N5/c1-5(14(19,20)21)24-12-9(8-6(16)2-3-7(17)10(8)18)11(15)25-13-22-4-23-26(12)13/h2-5,24H,1H3/t5-/m0/s1. The van der Waals surface area contributed by atoms with Crippen LogP contribution in [0.4, 0.5) is 32.2 Å². The number of hydrogen-bond acceptors (Lipinski definition) is 4. The highest BCUT2D eigenvalue weighted by Gasteiger charge is 2.37. The molecule has 3 rings (SSSR count). The molecule has 2 heterocycles. The lowest BCUT2D eigenvalue weighted by molar-refractivity contribution is -0.138. The van der Waals surface area contributed by atoms with E-state index in [1.807, 2.05) is 5.32 Å². The Morgan fingerprint density at radius 3 is 2.42 bits per heavy atom. The number of aromatic nitrogens is 4. The normalized spacial score (nSPS) is 13.2. The van der Waals surface area contributed by atoms with Crippen molar-refractivity contribution in [2.24, 2.45) is 0 Å². The Morgan fingerprint density at radius 2 is 1.77 bits per heavy atom. The Labute approximate surface area is 146 Å². The second-order valence-corrected chi connectivity index (χ2v) is 5.58. The van der Waals surface area contributed by atoms with Gasteiger partial charge in [0.05, 0.1) is 11.1 Å². The van der Waals surface area contributed by atoms with Crippen molar-refractivity contribution in [2.75, 3.05) is 5.32 Å². The molecule has 26 heavy (non-hydrogen) atoms. The fourth-order valence-electron chi connectivity index (χ4n) is 2.21. The molecule has 5 nitrogen and oxygen atoms in total. The van der Waals surface area contributed by atoms with Crippen LogP contribution >= 0.6 is 11.6 Å². The van der Waals surface area contributed by atoms with Crippen LogP contribution in [0.5, 0.6) is 0 Å². The van der Waals surface area contributed by atoms with Crippen molar-refractivity contribution in [1.29, 1.82) is 0 Å². The molecule has 0 saturated carbocycles. The quantitative estimate of drug-likeness (QED) is 0.410. The third kappa shape index (κ3) is 3.02. The van der Waals surface area contributed by atoms with Gasteiger partial charge in [0.25, 0.3) is 5.78 Å². The monoisotopic (exact) mass is 395 g/mol. The average Bonchev–Trinajstić information content (AvgIpc) is 3.00. The van der Waals surface area contributed by atoms with Crippen LogP contribution in [0.15, 0.2) is 18.5 Å². The fourth-order valence-corrected chi connectivity index (χ4v) is 2.47. The Morgan fingerprint density at radius 1 is 1.12 bits per heavy atom. The van der Waals surface area contributed by atoms with Gasteiger partial charge in [-0.15, -0.1) is 0 Å². The lowest BCUT2D eigenvalue weighted by Gasteiger charge is -2.21. The molecule has 0 amide bonds. The SMILES string of the molecule is C[C@H](Nc1c(-c2c(F)ccc(F)c2F)c(Cl)nc2ncnn12)C(F)(F)F. The van der Waals surface area contributed by atoms with Gasteiger partial charge in [0.2, 0.25) is 0 Å². The highest BCUT2D eigenvalue weighted by Crippen LogP contribution is 2.39. The summed E-state index contributed by atoms with van der Waals surface area (Å²) in [7, 11) is 0. The van der Waals surface area contributed by atoms with Gasteiger partial charge < -0.3 is 5.32 Å². The third-order valence-corrected chi connectivity index (χ3v) is 3.79. The summed E-state index contributed by atoms with van der Waals surface area (Å²) in [5.41, 5.74) is -1.59. The second kappa shape index (κ2) is 6.31. The number of halogens is 7. The first kappa shape index (κ1) is 18.2. The minimum absolute atomic E-state index is 0.215. The van der Waals surface area contributed by atoms with Crippen LogP contribution in [-0.4, -0.2) is 31.8 Å². The summed E-state index contributed by atoms with van der Waals surface area (Å²) >= 11 is 5.92. The van der Waals surface area contributed by atoms with E-state index >= 15 is 0 Å². The van der Waals surface area contributed by atoms with Gasteiger partial charge in [0, 0.05) is 0 Å². The summed E-state index contributed by atoms with van der Waals surface area (Å²) in [6, 6.07) is -0.992. The Balaban J connectivity index is 2.34. The summed E-state index contributed by atoms with van der Waals surface area (Å²) in [4.78, 5) is 7.41. The van der Waals surface area contributed by atoms with Gasteiger partial charge in [0.1, 0.15) is 29.2 Å². The number of nitrogens with one attached hydrogen (secondary N) is 1. The summed E-state index contributed by atoms with van der Waals surface area (Å²) < 4.78 is 81.6. The first-order valence-corrected chi connectivity index (χ1v) is 7.35. The molecule has 1 aromatic carbocycles. The number of fused-ring (bicyclic) bond motifs is 1. The number of nitrogens with zero attached hydrogens (tertiary/aromatic N) is 4. The van der Waals surface area contributed by atoms with Crippen LogP contribution in [0, 0.1) is 17.5 Å². The molecule has 0 aliphatic rings. The molecular weight excluding hydrogens is 388 g/mol. The first-order chi connectivity index (χ1) is 12.1. The van der Waals surface area contributed by atoms with Gasteiger partial charge in [-0.2, -0.15) is 32.8 Å². The summed E-state index contributed by atoms with van der Waals surface area (Å²) in [5.74, 6) is -5.03. The molecule has 0 fully saturated rings. The fraction of sp³-hybridized carbons (Fsp3) is 0.214. The molecule has 3 aromatic rings. The largest absolute Gasteiger partial charge is 0.408 e. The Bertz CT molecular complexity index is 986. The van der Waals surface area contributed by atoms with Gasteiger partial charge in [-0.05, 0) is 19.1 Å². The van der Waals surface area contributed by atoms with Gasteiger partial charge in [-0.25, -0.2) is 13.2 Å². The van der Waals surface area contributed by atoms with Crippen molar-refractivity contribution in [3.05, 3.63) is 41.1 Å². The van der Waals surface area contributed by atoms with Crippen LogP contribution in [0.1, 0.15) is 6.92 Å². The maximum Gasteiger partial charge on any atom is 0.408 e. The molecule has 138 valence electrons. The maximum atomic E-state index is 14.2. The zero-order valence-electron chi connectivity index (χ0n) is 12.7. The van der Waals surface area contributed by atoms with Crippen LogP contribution in [0.25, 0.3) is 16.9 Å². The lowest BCUT2D eigenvalue weighted by Crippen LogP contribution is -2.34. The molecule has 0 unspecified atom stereocenters. The molecule has 0 radical (unpaired) electrons. The van der Waals surface area contributed by atoms with E-state index in [4.69, 9.17) is 11.6 Å². The number of anilines is 1. The summed E-state index contributed by atoms with van der Waals surface area (Å²) in [6.07, 6.45) is -3.73. The van der Waals surface area contributed by atoms with E-state index in [0.717, 1.165) is 17.8 Å². The molecule has 0 aliphatic heterocycles. The molecule has 0 aliphatic carbocycles. The predicted octanol–water partition coefficient (Wildman–Crippen LogP) is 4.22. The third-order valence-electron chi connectivity index (χ3n) is 3.52. The van der Waals surface area contributed by atoms with Crippen molar-refractivity contribution in [3.63, 3.8) is 0 Å². The molecular formula is C14H8ClF6N5. The van der Waals surface area contributed by atoms with Gasteiger partial charge in [0.15, 0.2) is 11.6 Å². The van der Waals surface area contributed by atoms with Crippen molar-refractivity contribution in [3.8, 4) is 11.1 Å². The number of benzene rings is 1. The number of rotatable bonds is 3. The number of hydrogen-bond donors (Lipinski definition) is 1. The van der Waals surface area contributed by atoms with E-state index < -0.39 is 51.8 Å². The van der Waals surface area contributed by atoms with E-state index in [2.05, 4.69) is 15.1 Å². The van der Waals surface area contributed by atoms with E-state index in [1.165, 1.54) is 0 Å². The second-order valence-electron chi connectivity index (χ2n) is 5.22. The van der Waals surface area contributed by atoms with Crippen LogP contribution in [0.3, 0.4) is 0 Å². The molecule has 12 heteroatoms. The van der Waals surface area contributed by atoms with E-state index in [1.54, 1.807) is 0 Å². The van der Waals surface area contributed by atoms with Crippen LogP contribution in [0.2, 0.25) is 5.15 Å². The van der Waals surface area contributed by atoms with Gasteiger partial charge in [-0.3, -0.25) is 0 Å². The number of alkyl halides is 3. The van der Waals surface area contributed by atoms with Gasteiger partial charge >= 0.3 is 6.18 Å². The molecule has 1 atom stereocenters. The summed E-state index contributed by atoms with van der Waals surface area (Å²) in [6.45, 7) is 0.777. The molecule has 2 aromatic heterocycles. The maximum absolute atomic E-state index is 14.2. The average molecular weight is 396 g/mol. The molecule has 0 saturated heterocycles. The van der Waals surface area contributed by atoms with Crippen molar-refractivity contribution in [2.45, 2.75) is 19.1 Å². The Kier molecular flexibility index (Phi) is 4.42. The predicted molar refractivity (Wildman–Crippen MR) is 80.2 cm³/mol. The highest BCUT2D eigenvalue weighted by atomic mass is 35.5. The highest BCUT2D eigenvalue weighted by molar-refractivity contribution is 6.33. The zero-order valence-corrected chi connectivity index (χ0v) is 13.5. The van der Waals surface area contributed by atoms with E-state index in [9.17, 15) is 26.3 Å². The summed E-state index contributed by atoms with van der Waals surface area (Å²) in [5, 5.41) is 5.15. The molecule has 1 N–H and O–H groups in total. The van der Waals surface area contributed by atoms with Crippen LogP contribution < -0.4 is 5.32 Å². The molecule has 0 spiro atoms. The van der Waals surface area contributed by atoms with Crippen molar-refractivity contribution >= 4 is 23.2 Å². The topological polar surface area (TPSA) is 55.1 Å². The minimum Gasteiger partial charge on any atom is -0.358 e. The zero-order chi connectivity index (χ0) is 19.2. The van der Waals surface area contributed by atoms with E-state index in [0.29, 0.717) is 12.1 Å². The first-order valence-electron chi connectivity index (χ1n) is 6.97. The van der Waals surface area contributed by atoms with Crippen molar-refractivity contribution in [1.82, 2.24) is 19.6 Å². The van der Waals surface area contributed by atoms with Crippen LogP contribution in [-0.2, 0) is 0 Å². The van der Waals surface area contributed by atoms with Crippen molar-refractivity contribution < 1.29 is 26.3 Å². The minimum atomic E-state index is -4.70. The van der Waals surface area contributed by atoms with E-state index in [-0.39, 0.29) is 5.78 Å². The Hall–Kier alpha value is -2.56. The lowest BCUT2D eigenvalue weighted by atomic mass is 10.1. The smallest absolute Gasteiger partial charge is 0.358 e. The molecule has 0 bridgehead atoms.